The summed E-state index contributed by atoms with van der Waals surface area (Å²) in [4.78, 5) is 26.1. The van der Waals surface area contributed by atoms with Crippen molar-refractivity contribution in [2.45, 2.75) is 63.3 Å². The summed E-state index contributed by atoms with van der Waals surface area (Å²) < 4.78 is 0. The zero-order valence-electron chi connectivity index (χ0n) is 13.1. The molecule has 21 heavy (non-hydrogen) atoms. The lowest BCUT2D eigenvalue weighted by molar-refractivity contribution is -0.146. The van der Waals surface area contributed by atoms with E-state index in [0.29, 0.717) is 30.6 Å². The maximum atomic E-state index is 12.6. The highest BCUT2D eigenvalue weighted by atomic mass is 32.2. The molecular weight excluding hydrogens is 288 g/mol. The Kier molecular flexibility index (Phi) is 5.07. The summed E-state index contributed by atoms with van der Waals surface area (Å²) in [7, 11) is 0. The van der Waals surface area contributed by atoms with Crippen molar-refractivity contribution in [3.8, 4) is 0 Å². The molecule has 1 heterocycles. The Bertz CT molecular complexity index is 418. The molecule has 0 spiro atoms. The highest BCUT2D eigenvalue weighted by Crippen LogP contribution is 2.33. The van der Waals surface area contributed by atoms with E-state index in [0.717, 1.165) is 18.6 Å². The van der Waals surface area contributed by atoms with Crippen LogP contribution in [0.25, 0.3) is 0 Å². The van der Waals surface area contributed by atoms with Gasteiger partial charge in [0.1, 0.15) is 5.54 Å². The van der Waals surface area contributed by atoms with E-state index in [-0.39, 0.29) is 12.1 Å². The van der Waals surface area contributed by atoms with Crippen molar-refractivity contribution in [3.05, 3.63) is 0 Å². The minimum Gasteiger partial charge on any atom is -0.480 e. The van der Waals surface area contributed by atoms with E-state index in [9.17, 15) is 14.7 Å². The van der Waals surface area contributed by atoms with E-state index in [1.807, 2.05) is 18.7 Å². The second-order valence-corrected chi connectivity index (χ2v) is 8.01. The van der Waals surface area contributed by atoms with Gasteiger partial charge in [0.05, 0.1) is 0 Å². The van der Waals surface area contributed by atoms with Crippen LogP contribution in [0.1, 0.15) is 46.5 Å². The molecule has 2 amide bonds. The molecule has 2 N–H and O–H groups in total. The summed E-state index contributed by atoms with van der Waals surface area (Å²) in [6.45, 7) is 6.90. The summed E-state index contributed by atoms with van der Waals surface area (Å²) in [6.07, 6.45) is 2.96. The molecule has 0 aromatic heterocycles. The SMILES string of the molecule is CC1CCCC(NC(=O)N2CCSC(C)C2C)(C(=O)O)C1. The number of carboxylic acids is 1. The average molecular weight is 314 g/mol. The van der Waals surface area contributed by atoms with E-state index in [1.54, 1.807) is 4.90 Å². The Morgan fingerprint density at radius 3 is 2.67 bits per heavy atom. The van der Waals surface area contributed by atoms with Gasteiger partial charge in [-0.1, -0.05) is 26.7 Å². The minimum atomic E-state index is -1.08. The summed E-state index contributed by atoms with van der Waals surface area (Å²) in [5, 5.41) is 12.9. The van der Waals surface area contributed by atoms with Crippen LogP contribution < -0.4 is 5.32 Å². The fraction of sp³-hybridized carbons (Fsp3) is 0.867. The Morgan fingerprint density at radius 1 is 1.33 bits per heavy atom. The van der Waals surface area contributed by atoms with Gasteiger partial charge in [-0.2, -0.15) is 11.8 Å². The molecule has 2 rings (SSSR count). The predicted octanol–water partition coefficient (Wildman–Crippen LogP) is 2.56. The fourth-order valence-corrected chi connectivity index (χ4v) is 4.51. The van der Waals surface area contributed by atoms with E-state index in [4.69, 9.17) is 0 Å². The van der Waals surface area contributed by atoms with Crippen LogP contribution in [0, 0.1) is 5.92 Å². The molecular formula is C15H26N2O3S. The number of urea groups is 1. The Balaban J connectivity index is 2.09. The predicted molar refractivity (Wildman–Crippen MR) is 84.6 cm³/mol. The van der Waals surface area contributed by atoms with Gasteiger partial charge in [-0.05, 0) is 25.7 Å². The quantitative estimate of drug-likeness (QED) is 0.822. The lowest BCUT2D eigenvalue weighted by Crippen LogP contribution is -2.62. The minimum absolute atomic E-state index is 0.135. The van der Waals surface area contributed by atoms with Gasteiger partial charge in [0.2, 0.25) is 0 Å². The third kappa shape index (κ3) is 3.47. The zero-order chi connectivity index (χ0) is 15.6. The van der Waals surface area contributed by atoms with Gasteiger partial charge in [0, 0.05) is 23.6 Å². The lowest BCUT2D eigenvalue weighted by atomic mass is 9.76. The highest BCUT2D eigenvalue weighted by molar-refractivity contribution is 8.00. The lowest BCUT2D eigenvalue weighted by Gasteiger charge is -2.42. The Labute approximate surface area is 130 Å². The number of nitrogens with zero attached hydrogens (tertiary/aromatic N) is 1. The van der Waals surface area contributed by atoms with Gasteiger partial charge in [-0.25, -0.2) is 9.59 Å². The number of carbonyl (C=O) groups excluding carboxylic acids is 1. The number of nitrogens with one attached hydrogen (secondary N) is 1. The molecule has 5 nitrogen and oxygen atoms in total. The summed E-state index contributed by atoms with van der Waals surface area (Å²) >= 11 is 1.86. The van der Waals surface area contributed by atoms with Gasteiger partial charge in [-0.3, -0.25) is 0 Å². The van der Waals surface area contributed by atoms with Crippen molar-refractivity contribution in [3.63, 3.8) is 0 Å². The molecule has 1 saturated carbocycles. The van der Waals surface area contributed by atoms with Crippen LogP contribution in [0.15, 0.2) is 0 Å². The zero-order valence-corrected chi connectivity index (χ0v) is 13.9. The van der Waals surface area contributed by atoms with Crippen molar-refractivity contribution in [1.29, 1.82) is 0 Å². The van der Waals surface area contributed by atoms with Crippen LogP contribution in [-0.2, 0) is 4.79 Å². The van der Waals surface area contributed by atoms with Crippen molar-refractivity contribution in [2.24, 2.45) is 5.92 Å². The van der Waals surface area contributed by atoms with Gasteiger partial charge in [0.25, 0.3) is 0 Å². The van der Waals surface area contributed by atoms with Crippen LogP contribution in [0.5, 0.6) is 0 Å². The number of carbonyl (C=O) groups is 2. The second kappa shape index (κ2) is 6.46. The first-order chi connectivity index (χ1) is 9.85. The first kappa shape index (κ1) is 16.5. The largest absolute Gasteiger partial charge is 0.480 e. The van der Waals surface area contributed by atoms with Crippen molar-refractivity contribution in [2.75, 3.05) is 12.3 Å². The summed E-state index contributed by atoms with van der Waals surface area (Å²) in [5.74, 6) is 0.355. The first-order valence-electron chi connectivity index (χ1n) is 7.79. The monoisotopic (exact) mass is 314 g/mol. The molecule has 6 heteroatoms. The van der Waals surface area contributed by atoms with Crippen LogP contribution >= 0.6 is 11.8 Å². The summed E-state index contributed by atoms with van der Waals surface area (Å²) in [6, 6.07) is -0.0817. The second-order valence-electron chi connectivity index (χ2n) is 6.53. The molecule has 1 saturated heterocycles. The van der Waals surface area contributed by atoms with E-state index >= 15 is 0 Å². The number of hydrogen-bond donors (Lipinski definition) is 2. The molecule has 1 aliphatic carbocycles. The van der Waals surface area contributed by atoms with Crippen LogP contribution in [-0.4, -0.2) is 51.1 Å². The van der Waals surface area contributed by atoms with Crippen LogP contribution in [0.3, 0.4) is 0 Å². The molecule has 2 fully saturated rings. The highest BCUT2D eigenvalue weighted by Gasteiger charge is 2.44. The third-order valence-electron chi connectivity index (χ3n) is 4.90. The molecule has 1 aliphatic heterocycles. The number of amides is 2. The molecule has 4 unspecified atom stereocenters. The van der Waals surface area contributed by atoms with Gasteiger partial charge < -0.3 is 15.3 Å². The van der Waals surface area contributed by atoms with Gasteiger partial charge in [-0.15, -0.1) is 0 Å². The van der Waals surface area contributed by atoms with Crippen LogP contribution in [0.4, 0.5) is 4.79 Å². The molecule has 0 bridgehead atoms. The molecule has 2 aliphatic rings. The first-order valence-corrected chi connectivity index (χ1v) is 8.84. The Hall–Kier alpha value is -0.910. The number of hydrogen-bond acceptors (Lipinski definition) is 3. The Morgan fingerprint density at radius 2 is 2.05 bits per heavy atom. The van der Waals surface area contributed by atoms with E-state index < -0.39 is 11.5 Å². The van der Waals surface area contributed by atoms with Crippen molar-refractivity contribution < 1.29 is 14.7 Å². The fourth-order valence-electron chi connectivity index (χ4n) is 3.41. The van der Waals surface area contributed by atoms with Crippen molar-refractivity contribution in [1.82, 2.24) is 10.2 Å². The molecule has 4 atom stereocenters. The van der Waals surface area contributed by atoms with Gasteiger partial charge >= 0.3 is 12.0 Å². The summed E-state index contributed by atoms with van der Waals surface area (Å²) in [5.41, 5.74) is -1.08. The third-order valence-corrected chi connectivity index (χ3v) is 6.24. The maximum absolute atomic E-state index is 12.6. The number of thioether (sulfide) groups is 1. The number of rotatable bonds is 2. The number of aliphatic carboxylic acids is 1. The molecule has 0 aromatic rings. The van der Waals surface area contributed by atoms with Gasteiger partial charge in [0.15, 0.2) is 0 Å². The maximum Gasteiger partial charge on any atom is 0.329 e. The molecule has 120 valence electrons. The van der Waals surface area contributed by atoms with Crippen LogP contribution in [0.2, 0.25) is 0 Å². The van der Waals surface area contributed by atoms with E-state index in [2.05, 4.69) is 19.2 Å². The average Bonchev–Trinajstić information content (AvgIpc) is 2.41. The molecule has 0 aromatic carbocycles. The normalized spacial score (nSPS) is 37.1. The van der Waals surface area contributed by atoms with E-state index in [1.165, 1.54) is 0 Å². The smallest absolute Gasteiger partial charge is 0.329 e. The molecule has 0 radical (unpaired) electrons. The van der Waals surface area contributed by atoms with Crippen molar-refractivity contribution >= 4 is 23.8 Å². The standard InChI is InChI=1S/C15H26N2O3S/c1-10-5-4-6-15(9-10,13(18)19)16-14(20)17-7-8-21-12(3)11(17)2/h10-12H,4-9H2,1-3H3,(H,16,20)(H,18,19). The number of carboxylic acid groups (broad SMARTS) is 1. The topological polar surface area (TPSA) is 69.6 Å².